The van der Waals surface area contributed by atoms with Gasteiger partial charge in [0.25, 0.3) is 0 Å². The fraction of sp³-hybridized carbons (Fsp3) is 0.545. The molecule has 0 amide bonds. The molecule has 0 fully saturated rings. The Hall–Kier alpha value is -2.23. The van der Waals surface area contributed by atoms with Gasteiger partial charge >= 0.3 is 11.9 Å². The summed E-state index contributed by atoms with van der Waals surface area (Å²) in [6, 6.07) is 0. The highest BCUT2D eigenvalue weighted by Crippen LogP contribution is 2.18. The molecule has 208 valence electrons. The van der Waals surface area contributed by atoms with Gasteiger partial charge in [-0.3, -0.25) is 0 Å². The molecule has 2 rings (SSSR count). The molecule has 37 heavy (non-hydrogen) atoms. The number of carbonyl (C=O) groups is 2. The van der Waals surface area contributed by atoms with Crippen molar-refractivity contribution in [2.45, 2.75) is 50.2 Å². The second-order valence-electron chi connectivity index (χ2n) is 6.94. The monoisotopic (exact) mass is 578 g/mol. The Morgan fingerprint density at radius 3 is 1.84 bits per heavy atom. The minimum atomic E-state index is -0.534. The van der Waals surface area contributed by atoms with Gasteiger partial charge in [-0.25, -0.2) is 29.5 Å². The van der Waals surface area contributed by atoms with Gasteiger partial charge < -0.3 is 30.7 Å². The van der Waals surface area contributed by atoms with E-state index in [1.807, 2.05) is 12.5 Å². The third-order valence-electron chi connectivity index (χ3n) is 3.75. The van der Waals surface area contributed by atoms with Crippen molar-refractivity contribution >= 4 is 52.9 Å². The molecule has 0 radical (unpaired) electrons. The number of aliphatic hydroxyl groups is 2. The Morgan fingerprint density at radius 1 is 0.973 bits per heavy atom. The van der Waals surface area contributed by atoms with Crippen molar-refractivity contribution < 1.29 is 29.3 Å². The van der Waals surface area contributed by atoms with Gasteiger partial charge in [-0.1, -0.05) is 35.1 Å². The zero-order chi connectivity index (χ0) is 28.4. The Kier molecular flexibility index (Phi) is 18.6. The molecule has 0 aliphatic carbocycles. The highest BCUT2D eigenvalue weighted by Gasteiger charge is 2.16. The highest BCUT2D eigenvalue weighted by molar-refractivity contribution is 7.98. The largest absolute Gasteiger partial charge is 0.462 e. The molecule has 2 aromatic rings. The van der Waals surface area contributed by atoms with Gasteiger partial charge in [0.1, 0.15) is 22.1 Å². The Bertz CT molecular complexity index is 971. The van der Waals surface area contributed by atoms with Crippen LogP contribution < -0.4 is 11.1 Å². The van der Waals surface area contributed by atoms with Gasteiger partial charge in [0.15, 0.2) is 10.3 Å². The third kappa shape index (κ3) is 14.3. The summed E-state index contributed by atoms with van der Waals surface area (Å²) in [5.41, 5.74) is 5.40. The molecule has 0 spiro atoms. The number of halogens is 1. The first-order chi connectivity index (χ1) is 17.5. The average Bonchev–Trinajstić information content (AvgIpc) is 2.88. The number of nitrogens with zero attached hydrogens (tertiary/aromatic N) is 4. The van der Waals surface area contributed by atoms with E-state index in [4.69, 9.17) is 31.9 Å². The zero-order valence-corrected chi connectivity index (χ0v) is 24.1. The smallest absolute Gasteiger partial charge is 0.343 e. The molecule has 2 heterocycles. The number of rotatable bonds is 10. The van der Waals surface area contributed by atoms with E-state index in [2.05, 4.69) is 25.3 Å². The molecule has 0 unspecified atom stereocenters. The number of nitrogens with two attached hydrogens (primary N) is 1. The summed E-state index contributed by atoms with van der Waals surface area (Å²) in [7, 11) is 0. The number of hydrogen-bond acceptors (Lipinski definition) is 14. The number of ether oxygens (including phenoxy) is 2. The first-order valence-corrected chi connectivity index (χ1v) is 14.0. The summed E-state index contributed by atoms with van der Waals surface area (Å²) in [5.74, 6) is -0.586. The molecular formula is C22H35ClN6O6S2. The second kappa shape index (κ2) is 19.8. The van der Waals surface area contributed by atoms with Crippen LogP contribution in [0.1, 0.15) is 48.4 Å². The van der Waals surface area contributed by atoms with E-state index in [0.29, 0.717) is 42.4 Å². The number of aromatic nitrogens is 4. The van der Waals surface area contributed by atoms with E-state index in [-0.39, 0.29) is 22.4 Å². The first-order valence-electron chi connectivity index (χ1n) is 11.2. The number of aliphatic hydroxyl groups excluding tert-OH is 2. The summed E-state index contributed by atoms with van der Waals surface area (Å²) in [5, 5.41) is 21.6. The second-order valence-corrected chi connectivity index (χ2v) is 8.84. The van der Waals surface area contributed by atoms with Crippen LogP contribution in [0, 0.1) is 0 Å². The van der Waals surface area contributed by atoms with Gasteiger partial charge in [-0.05, 0) is 40.2 Å². The predicted octanol–water partition coefficient (Wildman–Crippen LogP) is 2.52. The lowest BCUT2D eigenvalue weighted by molar-refractivity contribution is 0.0516. The van der Waals surface area contributed by atoms with Crippen LogP contribution in [-0.4, -0.2) is 93.1 Å². The molecule has 0 aliphatic heterocycles. The summed E-state index contributed by atoms with van der Waals surface area (Å²) in [6.07, 6.45) is 5.61. The maximum atomic E-state index is 11.7. The molecule has 0 saturated carbocycles. The van der Waals surface area contributed by atoms with Crippen LogP contribution in [0.25, 0.3) is 0 Å². The average molecular weight is 579 g/mol. The maximum Gasteiger partial charge on any atom is 0.343 e. The standard InChI is InChI=1S/C11H17N3O3S.C8H9ClN2O2S.C3H9NO/c1-4-17-10(16)8-6-13-11(18-3)14-9(8)12-5-7(2)15;1-3-13-7(12)5-4-10-8(14-2)11-6(5)9;1-3(5)2-4/h6-7,15H,4-5H2,1-3H3,(H,12,13,14);4H,3H2,1-2H3;3,5H,2,4H2,1H3/t7-;;3-/m1.1/s1. The molecule has 0 aliphatic rings. The molecule has 0 aromatic carbocycles. The number of thioether (sulfide) groups is 2. The van der Waals surface area contributed by atoms with Gasteiger partial charge in [0.2, 0.25) is 0 Å². The lowest BCUT2D eigenvalue weighted by atomic mass is 10.3. The van der Waals surface area contributed by atoms with Crippen LogP contribution in [0.2, 0.25) is 5.15 Å². The van der Waals surface area contributed by atoms with Crippen LogP contribution >= 0.6 is 35.1 Å². The van der Waals surface area contributed by atoms with Crippen molar-refractivity contribution in [2.75, 3.05) is 44.1 Å². The Balaban J connectivity index is 0.000000605. The summed E-state index contributed by atoms with van der Waals surface area (Å²) >= 11 is 8.51. The van der Waals surface area contributed by atoms with Gasteiger partial charge in [-0.15, -0.1) is 0 Å². The van der Waals surface area contributed by atoms with E-state index in [0.717, 1.165) is 0 Å². The van der Waals surface area contributed by atoms with Crippen LogP contribution in [0.3, 0.4) is 0 Å². The predicted molar refractivity (Wildman–Crippen MR) is 145 cm³/mol. The van der Waals surface area contributed by atoms with E-state index >= 15 is 0 Å². The molecule has 2 aromatic heterocycles. The molecule has 15 heteroatoms. The zero-order valence-electron chi connectivity index (χ0n) is 21.7. The van der Waals surface area contributed by atoms with Crippen molar-refractivity contribution in [1.82, 2.24) is 19.9 Å². The lowest BCUT2D eigenvalue weighted by Crippen LogP contribution is -2.19. The van der Waals surface area contributed by atoms with Crippen molar-refractivity contribution in [3.63, 3.8) is 0 Å². The fourth-order valence-corrected chi connectivity index (χ4v) is 2.93. The van der Waals surface area contributed by atoms with E-state index in [1.54, 1.807) is 27.7 Å². The van der Waals surface area contributed by atoms with E-state index in [9.17, 15) is 14.7 Å². The summed E-state index contributed by atoms with van der Waals surface area (Å²) in [6.45, 7) is 8.02. The maximum absolute atomic E-state index is 11.7. The normalized spacial score (nSPS) is 11.6. The molecule has 12 nitrogen and oxygen atoms in total. The number of esters is 2. The van der Waals surface area contributed by atoms with Crippen molar-refractivity contribution in [1.29, 1.82) is 0 Å². The number of nitrogens with one attached hydrogen (secondary N) is 1. The van der Waals surface area contributed by atoms with Crippen LogP contribution in [0.15, 0.2) is 22.7 Å². The molecule has 0 bridgehead atoms. The molecule has 0 saturated heterocycles. The summed E-state index contributed by atoms with van der Waals surface area (Å²) in [4.78, 5) is 39.0. The van der Waals surface area contributed by atoms with Crippen molar-refractivity contribution in [3.8, 4) is 0 Å². The Labute approximate surface area is 230 Å². The SMILES string of the molecule is CCOC(=O)c1cnc(SC)nc1Cl.CCOC(=O)c1cnc(SC)nc1NC[C@@H](C)O.C[C@@H](O)CN. The van der Waals surface area contributed by atoms with E-state index < -0.39 is 18.0 Å². The van der Waals surface area contributed by atoms with Crippen LogP contribution in [-0.2, 0) is 9.47 Å². The summed E-state index contributed by atoms with van der Waals surface area (Å²) < 4.78 is 9.69. The lowest BCUT2D eigenvalue weighted by Gasteiger charge is -2.12. The Morgan fingerprint density at radius 2 is 1.43 bits per heavy atom. The molecule has 2 atom stereocenters. The first kappa shape index (κ1) is 34.8. The highest BCUT2D eigenvalue weighted by atomic mass is 35.5. The van der Waals surface area contributed by atoms with Crippen LogP contribution in [0.5, 0.6) is 0 Å². The molecule has 5 N–H and O–H groups in total. The minimum Gasteiger partial charge on any atom is -0.462 e. The van der Waals surface area contributed by atoms with Crippen LogP contribution in [0.4, 0.5) is 5.82 Å². The number of anilines is 1. The number of carbonyl (C=O) groups excluding carboxylic acids is 2. The van der Waals surface area contributed by atoms with Gasteiger partial charge in [0.05, 0.1) is 25.4 Å². The number of hydrogen-bond donors (Lipinski definition) is 4. The van der Waals surface area contributed by atoms with Gasteiger partial charge in [-0.2, -0.15) is 0 Å². The minimum absolute atomic E-state index is 0.128. The van der Waals surface area contributed by atoms with E-state index in [1.165, 1.54) is 35.9 Å². The quantitative estimate of drug-likeness (QED) is 0.139. The topological polar surface area (TPSA) is 183 Å². The fourth-order valence-electron chi connectivity index (χ4n) is 1.99. The van der Waals surface area contributed by atoms with Crippen molar-refractivity contribution in [3.05, 3.63) is 28.7 Å². The van der Waals surface area contributed by atoms with Crippen molar-refractivity contribution in [2.24, 2.45) is 5.73 Å². The third-order valence-corrected chi connectivity index (χ3v) is 5.16. The van der Waals surface area contributed by atoms with Gasteiger partial charge in [0, 0.05) is 25.5 Å². The molecular weight excluding hydrogens is 544 g/mol.